The van der Waals surface area contributed by atoms with E-state index in [1.165, 1.54) is 25.7 Å². The molecule has 1 saturated carbocycles. The van der Waals surface area contributed by atoms with Crippen molar-refractivity contribution < 1.29 is 9.90 Å². The Bertz CT molecular complexity index is 186. The average Bonchev–Trinajstić information content (AvgIpc) is 2.18. The molecule has 1 aliphatic carbocycles. The molecular formula is C11H21NO2. The van der Waals surface area contributed by atoms with Gasteiger partial charge in [-0.25, -0.2) is 0 Å². The molecule has 1 fully saturated rings. The van der Waals surface area contributed by atoms with Gasteiger partial charge in [0.25, 0.3) is 0 Å². The molecule has 1 atom stereocenters. The lowest BCUT2D eigenvalue weighted by Gasteiger charge is -2.30. The summed E-state index contributed by atoms with van der Waals surface area (Å²) in [4.78, 5) is 10.7. The van der Waals surface area contributed by atoms with Gasteiger partial charge in [0, 0.05) is 0 Å². The fourth-order valence-corrected chi connectivity index (χ4v) is 2.45. The molecule has 0 aromatic rings. The van der Waals surface area contributed by atoms with Gasteiger partial charge in [-0.3, -0.25) is 4.79 Å². The molecule has 0 aliphatic heterocycles. The molecule has 3 N–H and O–H groups in total. The second-order valence-electron chi connectivity index (χ2n) is 4.43. The van der Waals surface area contributed by atoms with E-state index >= 15 is 0 Å². The second-order valence-corrected chi connectivity index (χ2v) is 4.43. The second kappa shape index (κ2) is 5.35. The summed E-state index contributed by atoms with van der Waals surface area (Å²) in [6, 6.07) is -0.641. The summed E-state index contributed by atoms with van der Waals surface area (Å²) in [6.45, 7) is 2.20. The lowest BCUT2D eigenvalue weighted by molar-refractivity contribution is -0.140. The van der Waals surface area contributed by atoms with Crippen molar-refractivity contribution in [3.05, 3.63) is 0 Å². The van der Waals surface area contributed by atoms with E-state index in [9.17, 15) is 4.79 Å². The van der Waals surface area contributed by atoms with Gasteiger partial charge in [0.05, 0.1) is 0 Å². The third-order valence-corrected chi connectivity index (χ3v) is 3.38. The van der Waals surface area contributed by atoms with E-state index in [0.717, 1.165) is 18.8 Å². The highest BCUT2D eigenvalue weighted by atomic mass is 16.4. The van der Waals surface area contributed by atoms with Crippen molar-refractivity contribution in [3.8, 4) is 0 Å². The van der Waals surface area contributed by atoms with Crippen LogP contribution in [-0.2, 0) is 4.79 Å². The number of hydrogen-bond donors (Lipinski definition) is 2. The number of aliphatic carboxylic acids is 1. The molecule has 14 heavy (non-hydrogen) atoms. The largest absolute Gasteiger partial charge is 0.480 e. The summed E-state index contributed by atoms with van der Waals surface area (Å²) in [6.07, 6.45) is 6.85. The molecule has 0 radical (unpaired) electrons. The standard InChI is InChI=1S/C11H21NO2/c1-2-3-8-4-6-9(7-5-8)10(12)11(13)14/h8-10H,2-7,12H2,1H3,(H,13,14)/t8?,9?,10-/m1/s1. The number of rotatable bonds is 4. The van der Waals surface area contributed by atoms with Crippen molar-refractivity contribution in [1.29, 1.82) is 0 Å². The summed E-state index contributed by atoms with van der Waals surface area (Å²) in [5.74, 6) is 0.182. The maximum Gasteiger partial charge on any atom is 0.320 e. The van der Waals surface area contributed by atoms with E-state index in [2.05, 4.69) is 6.92 Å². The highest BCUT2D eigenvalue weighted by Gasteiger charge is 2.28. The molecule has 0 amide bonds. The van der Waals surface area contributed by atoms with Crippen LogP contribution in [0.15, 0.2) is 0 Å². The molecule has 0 aromatic carbocycles. The zero-order valence-electron chi connectivity index (χ0n) is 8.91. The fraction of sp³-hybridized carbons (Fsp3) is 0.909. The number of nitrogens with two attached hydrogens (primary N) is 1. The summed E-state index contributed by atoms with van der Waals surface area (Å²) >= 11 is 0. The Balaban J connectivity index is 2.31. The van der Waals surface area contributed by atoms with Gasteiger partial charge in [-0.2, -0.15) is 0 Å². The summed E-state index contributed by atoms with van der Waals surface area (Å²) < 4.78 is 0. The number of carboxylic acids is 1. The maximum atomic E-state index is 10.7. The van der Waals surface area contributed by atoms with Gasteiger partial charge in [-0.15, -0.1) is 0 Å². The van der Waals surface area contributed by atoms with Crippen LogP contribution in [0.3, 0.4) is 0 Å². The van der Waals surface area contributed by atoms with Crippen LogP contribution in [-0.4, -0.2) is 17.1 Å². The third-order valence-electron chi connectivity index (χ3n) is 3.38. The smallest absolute Gasteiger partial charge is 0.320 e. The lowest BCUT2D eigenvalue weighted by Crippen LogP contribution is -2.39. The van der Waals surface area contributed by atoms with Gasteiger partial charge in [0.2, 0.25) is 0 Å². The first-order valence-electron chi connectivity index (χ1n) is 5.63. The van der Waals surface area contributed by atoms with Crippen molar-refractivity contribution >= 4 is 5.97 Å². The molecule has 0 saturated heterocycles. The van der Waals surface area contributed by atoms with Crippen LogP contribution in [0.2, 0.25) is 0 Å². The predicted molar refractivity (Wildman–Crippen MR) is 56.0 cm³/mol. The van der Waals surface area contributed by atoms with Gasteiger partial charge in [0.1, 0.15) is 6.04 Å². The zero-order valence-corrected chi connectivity index (χ0v) is 8.91. The highest BCUT2D eigenvalue weighted by molar-refractivity contribution is 5.73. The Hall–Kier alpha value is -0.570. The van der Waals surface area contributed by atoms with Crippen LogP contribution in [0.1, 0.15) is 45.4 Å². The summed E-state index contributed by atoms with van der Waals surface area (Å²) in [5.41, 5.74) is 5.61. The van der Waals surface area contributed by atoms with E-state index in [1.807, 2.05) is 0 Å². The molecule has 3 heteroatoms. The molecule has 82 valence electrons. The molecule has 0 spiro atoms. The quantitative estimate of drug-likeness (QED) is 0.728. The Morgan fingerprint density at radius 3 is 2.43 bits per heavy atom. The molecule has 1 rings (SSSR count). The minimum atomic E-state index is -0.844. The van der Waals surface area contributed by atoms with E-state index in [1.54, 1.807) is 0 Å². The van der Waals surface area contributed by atoms with Gasteiger partial charge >= 0.3 is 5.97 Å². The zero-order chi connectivity index (χ0) is 10.6. The number of hydrogen-bond acceptors (Lipinski definition) is 2. The first-order valence-corrected chi connectivity index (χ1v) is 5.63. The Morgan fingerprint density at radius 2 is 2.00 bits per heavy atom. The van der Waals surface area contributed by atoms with Gasteiger partial charge in [-0.05, 0) is 24.7 Å². The average molecular weight is 199 g/mol. The molecule has 0 bridgehead atoms. The van der Waals surface area contributed by atoms with Crippen LogP contribution in [0.4, 0.5) is 0 Å². The normalized spacial score (nSPS) is 29.9. The van der Waals surface area contributed by atoms with Crippen molar-refractivity contribution in [2.75, 3.05) is 0 Å². The Labute approximate surface area is 85.7 Å². The minimum Gasteiger partial charge on any atom is -0.480 e. The van der Waals surface area contributed by atoms with Crippen molar-refractivity contribution in [2.24, 2.45) is 17.6 Å². The van der Waals surface area contributed by atoms with Gasteiger partial charge < -0.3 is 10.8 Å². The van der Waals surface area contributed by atoms with Crippen molar-refractivity contribution in [2.45, 2.75) is 51.5 Å². The molecule has 3 nitrogen and oxygen atoms in total. The van der Waals surface area contributed by atoms with Crippen LogP contribution in [0, 0.1) is 11.8 Å². The number of carbonyl (C=O) groups is 1. The maximum absolute atomic E-state index is 10.7. The summed E-state index contributed by atoms with van der Waals surface area (Å²) in [5, 5.41) is 8.78. The molecule has 1 aliphatic rings. The van der Waals surface area contributed by atoms with Crippen LogP contribution in [0.25, 0.3) is 0 Å². The molecule has 0 aromatic heterocycles. The molecule has 0 heterocycles. The van der Waals surface area contributed by atoms with Gasteiger partial charge in [-0.1, -0.05) is 32.6 Å². The van der Waals surface area contributed by atoms with Gasteiger partial charge in [0.15, 0.2) is 0 Å². The van der Waals surface area contributed by atoms with E-state index in [-0.39, 0.29) is 5.92 Å². The first kappa shape index (κ1) is 11.5. The monoisotopic (exact) mass is 199 g/mol. The van der Waals surface area contributed by atoms with Crippen LogP contribution < -0.4 is 5.73 Å². The minimum absolute atomic E-state index is 0.209. The van der Waals surface area contributed by atoms with E-state index in [4.69, 9.17) is 10.8 Å². The van der Waals surface area contributed by atoms with Crippen molar-refractivity contribution in [1.82, 2.24) is 0 Å². The Morgan fingerprint density at radius 1 is 1.43 bits per heavy atom. The van der Waals surface area contributed by atoms with Crippen molar-refractivity contribution in [3.63, 3.8) is 0 Å². The first-order chi connectivity index (χ1) is 6.65. The Kier molecular flexibility index (Phi) is 4.39. The molecular weight excluding hydrogens is 178 g/mol. The fourth-order valence-electron chi connectivity index (χ4n) is 2.45. The van der Waals surface area contributed by atoms with E-state index in [0.29, 0.717) is 0 Å². The van der Waals surface area contributed by atoms with Crippen LogP contribution >= 0.6 is 0 Å². The third kappa shape index (κ3) is 2.98. The lowest BCUT2D eigenvalue weighted by atomic mass is 9.77. The van der Waals surface area contributed by atoms with E-state index < -0.39 is 12.0 Å². The topological polar surface area (TPSA) is 63.3 Å². The summed E-state index contributed by atoms with van der Waals surface area (Å²) in [7, 11) is 0. The van der Waals surface area contributed by atoms with Crippen LogP contribution in [0.5, 0.6) is 0 Å². The number of carboxylic acid groups (broad SMARTS) is 1. The SMILES string of the molecule is CCCC1CCC([C@@H](N)C(=O)O)CC1. The highest BCUT2D eigenvalue weighted by Crippen LogP contribution is 2.32. The predicted octanol–water partition coefficient (Wildman–Crippen LogP) is 2.00. The molecule has 0 unspecified atom stereocenters.